The van der Waals surface area contributed by atoms with Gasteiger partial charge in [-0.1, -0.05) is 6.92 Å². The molecule has 1 aromatic rings. The second-order valence-electron chi connectivity index (χ2n) is 3.70. The van der Waals surface area contributed by atoms with Gasteiger partial charge in [0.05, 0.1) is 0 Å². The molecule has 0 unspecified atom stereocenters. The van der Waals surface area contributed by atoms with E-state index in [2.05, 4.69) is 0 Å². The van der Waals surface area contributed by atoms with Crippen LogP contribution in [-0.2, 0) is 16.6 Å². The van der Waals surface area contributed by atoms with Gasteiger partial charge in [-0.2, -0.15) is 0 Å². The van der Waals surface area contributed by atoms with Gasteiger partial charge in [0, 0.05) is 25.0 Å². The zero-order chi connectivity index (χ0) is 12.3. The Hall–Kier alpha value is -0.430. The summed E-state index contributed by atoms with van der Waals surface area (Å²) in [7, 11) is -1.71. The standard InChI is InChI=1S/C10H18N2O2S2/c1-4-5-12(3)16(13,14)10-6-8(2)9(7-11)15-10/h6H,4-5,7,11H2,1-3H3. The molecular formula is C10H18N2O2S2. The minimum absolute atomic E-state index is 0.390. The summed E-state index contributed by atoms with van der Waals surface area (Å²) in [6.07, 6.45) is 0.809. The Bertz CT molecular complexity index is 451. The first kappa shape index (κ1) is 13.6. The van der Waals surface area contributed by atoms with Gasteiger partial charge in [-0.05, 0) is 25.0 Å². The molecule has 0 aliphatic rings. The number of sulfonamides is 1. The van der Waals surface area contributed by atoms with Crippen LogP contribution in [0.25, 0.3) is 0 Å². The molecule has 0 spiro atoms. The Balaban J connectivity index is 3.07. The highest BCUT2D eigenvalue weighted by molar-refractivity contribution is 7.91. The number of thiophene rings is 1. The highest BCUT2D eigenvalue weighted by Crippen LogP contribution is 2.27. The van der Waals surface area contributed by atoms with Crippen LogP contribution in [0.2, 0.25) is 0 Å². The molecule has 6 heteroatoms. The largest absolute Gasteiger partial charge is 0.326 e. The summed E-state index contributed by atoms with van der Waals surface area (Å²) in [4.78, 5) is 0.934. The van der Waals surface area contributed by atoms with Crippen LogP contribution in [0.4, 0.5) is 0 Å². The molecule has 1 heterocycles. The van der Waals surface area contributed by atoms with E-state index in [4.69, 9.17) is 5.73 Å². The molecule has 0 aliphatic heterocycles. The minimum atomic E-state index is -3.32. The Morgan fingerprint density at radius 1 is 1.50 bits per heavy atom. The van der Waals surface area contributed by atoms with Gasteiger partial charge in [0.15, 0.2) is 0 Å². The lowest BCUT2D eigenvalue weighted by Crippen LogP contribution is -2.26. The molecule has 0 aromatic carbocycles. The molecule has 0 amide bonds. The SMILES string of the molecule is CCCN(C)S(=O)(=O)c1cc(C)c(CN)s1. The fourth-order valence-electron chi connectivity index (χ4n) is 1.41. The van der Waals surface area contributed by atoms with Gasteiger partial charge >= 0.3 is 0 Å². The summed E-state index contributed by atoms with van der Waals surface area (Å²) in [6, 6.07) is 1.70. The first-order chi connectivity index (χ1) is 7.43. The Kier molecular flexibility index (Phi) is 4.49. The predicted molar refractivity (Wildman–Crippen MR) is 67.1 cm³/mol. The molecule has 2 N–H and O–H groups in total. The third-order valence-electron chi connectivity index (χ3n) is 2.39. The van der Waals surface area contributed by atoms with Crippen molar-refractivity contribution in [2.45, 2.75) is 31.0 Å². The molecule has 1 aromatic heterocycles. The maximum absolute atomic E-state index is 12.1. The summed E-state index contributed by atoms with van der Waals surface area (Å²) in [5, 5.41) is 0. The van der Waals surface area contributed by atoms with Gasteiger partial charge in [0.2, 0.25) is 0 Å². The maximum Gasteiger partial charge on any atom is 0.252 e. The monoisotopic (exact) mass is 262 g/mol. The van der Waals surface area contributed by atoms with E-state index in [1.54, 1.807) is 13.1 Å². The summed E-state index contributed by atoms with van der Waals surface area (Å²) in [5.41, 5.74) is 6.50. The van der Waals surface area contributed by atoms with Gasteiger partial charge < -0.3 is 5.73 Å². The predicted octanol–water partition coefficient (Wildman–Crippen LogP) is 1.55. The van der Waals surface area contributed by atoms with Crippen LogP contribution in [0.5, 0.6) is 0 Å². The van der Waals surface area contributed by atoms with Crippen molar-refractivity contribution in [2.75, 3.05) is 13.6 Å². The normalized spacial score (nSPS) is 12.3. The lowest BCUT2D eigenvalue weighted by molar-refractivity contribution is 0.470. The number of nitrogens with zero attached hydrogens (tertiary/aromatic N) is 1. The van der Waals surface area contributed by atoms with Crippen LogP contribution in [-0.4, -0.2) is 26.3 Å². The van der Waals surface area contributed by atoms with Crippen LogP contribution in [0, 0.1) is 6.92 Å². The van der Waals surface area contributed by atoms with E-state index < -0.39 is 10.0 Å². The third kappa shape index (κ3) is 2.63. The third-order valence-corrected chi connectivity index (χ3v) is 5.95. The molecule has 0 saturated heterocycles. The average molecular weight is 262 g/mol. The van der Waals surface area contributed by atoms with Crippen LogP contribution in [0.3, 0.4) is 0 Å². The molecule has 92 valence electrons. The lowest BCUT2D eigenvalue weighted by Gasteiger charge is -2.14. The summed E-state index contributed by atoms with van der Waals surface area (Å²) < 4.78 is 26.0. The Morgan fingerprint density at radius 2 is 2.12 bits per heavy atom. The highest BCUT2D eigenvalue weighted by atomic mass is 32.2. The maximum atomic E-state index is 12.1. The molecule has 16 heavy (non-hydrogen) atoms. The van der Waals surface area contributed by atoms with Crippen LogP contribution in [0.15, 0.2) is 10.3 Å². The van der Waals surface area contributed by atoms with Crippen molar-refractivity contribution in [1.29, 1.82) is 0 Å². The van der Waals surface area contributed by atoms with Crippen molar-refractivity contribution >= 4 is 21.4 Å². The number of nitrogens with two attached hydrogens (primary N) is 1. The van der Waals surface area contributed by atoms with Gasteiger partial charge in [-0.3, -0.25) is 0 Å². The first-order valence-electron chi connectivity index (χ1n) is 5.19. The van der Waals surface area contributed by atoms with Crippen molar-refractivity contribution in [3.05, 3.63) is 16.5 Å². The number of aryl methyl sites for hydroxylation is 1. The fraction of sp³-hybridized carbons (Fsp3) is 0.600. The van der Waals surface area contributed by atoms with E-state index in [0.717, 1.165) is 16.9 Å². The Morgan fingerprint density at radius 3 is 2.56 bits per heavy atom. The molecule has 0 saturated carbocycles. The first-order valence-corrected chi connectivity index (χ1v) is 7.44. The average Bonchev–Trinajstić information content (AvgIpc) is 2.60. The zero-order valence-corrected chi connectivity index (χ0v) is 11.5. The van der Waals surface area contributed by atoms with Crippen LogP contribution >= 0.6 is 11.3 Å². The second kappa shape index (κ2) is 5.27. The van der Waals surface area contributed by atoms with Crippen LogP contribution < -0.4 is 5.73 Å². The molecular weight excluding hydrogens is 244 g/mol. The molecule has 0 fully saturated rings. The van der Waals surface area contributed by atoms with Gasteiger partial charge in [0.1, 0.15) is 4.21 Å². The minimum Gasteiger partial charge on any atom is -0.326 e. The number of hydrogen-bond acceptors (Lipinski definition) is 4. The van der Waals surface area contributed by atoms with Crippen molar-refractivity contribution in [2.24, 2.45) is 5.73 Å². The molecule has 0 radical (unpaired) electrons. The van der Waals surface area contributed by atoms with E-state index in [1.807, 2.05) is 13.8 Å². The van der Waals surface area contributed by atoms with Crippen LogP contribution in [0.1, 0.15) is 23.8 Å². The zero-order valence-electron chi connectivity index (χ0n) is 9.86. The van der Waals surface area contributed by atoms with Gasteiger partial charge in [-0.15, -0.1) is 11.3 Å². The number of rotatable bonds is 5. The van der Waals surface area contributed by atoms with Crippen molar-refractivity contribution in [1.82, 2.24) is 4.31 Å². The van der Waals surface area contributed by atoms with E-state index in [-0.39, 0.29) is 0 Å². The lowest BCUT2D eigenvalue weighted by atomic mass is 10.3. The second-order valence-corrected chi connectivity index (χ2v) is 7.11. The molecule has 1 rings (SSSR count). The van der Waals surface area contributed by atoms with E-state index in [1.165, 1.54) is 15.6 Å². The van der Waals surface area contributed by atoms with E-state index in [9.17, 15) is 8.42 Å². The number of hydrogen-bond donors (Lipinski definition) is 1. The summed E-state index contributed by atoms with van der Waals surface area (Å²) in [5.74, 6) is 0. The van der Waals surface area contributed by atoms with Crippen molar-refractivity contribution in [3.8, 4) is 0 Å². The van der Waals surface area contributed by atoms with Crippen molar-refractivity contribution < 1.29 is 8.42 Å². The molecule has 4 nitrogen and oxygen atoms in total. The molecule has 0 atom stereocenters. The van der Waals surface area contributed by atoms with E-state index >= 15 is 0 Å². The summed E-state index contributed by atoms with van der Waals surface area (Å²) in [6.45, 7) is 4.77. The van der Waals surface area contributed by atoms with Gasteiger partial charge in [0.25, 0.3) is 10.0 Å². The van der Waals surface area contributed by atoms with E-state index in [0.29, 0.717) is 17.3 Å². The van der Waals surface area contributed by atoms with Gasteiger partial charge in [-0.25, -0.2) is 12.7 Å². The topological polar surface area (TPSA) is 63.4 Å². The van der Waals surface area contributed by atoms with Crippen molar-refractivity contribution in [3.63, 3.8) is 0 Å². The smallest absolute Gasteiger partial charge is 0.252 e. The quantitative estimate of drug-likeness (QED) is 0.875. The highest BCUT2D eigenvalue weighted by Gasteiger charge is 2.22. The Labute approximate surface area is 101 Å². The molecule has 0 bridgehead atoms. The fourth-order valence-corrected chi connectivity index (χ4v) is 4.35. The molecule has 0 aliphatic carbocycles. The summed E-state index contributed by atoms with van der Waals surface area (Å²) >= 11 is 1.27.